The fourth-order valence-corrected chi connectivity index (χ4v) is 5.69. The number of nitrogens with zero attached hydrogens (tertiary/aromatic N) is 2. The van der Waals surface area contributed by atoms with Crippen LogP contribution < -0.4 is 15.5 Å². The largest absolute Gasteiger partial charge is 0.379 e. The van der Waals surface area contributed by atoms with E-state index in [1.54, 1.807) is 43.4 Å². The molecule has 9 nitrogen and oxygen atoms in total. The van der Waals surface area contributed by atoms with E-state index in [1.165, 1.54) is 10.4 Å². The summed E-state index contributed by atoms with van der Waals surface area (Å²) in [5.41, 5.74) is 2.03. The summed E-state index contributed by atoms with van der Waals surface area (Å²) in [7, 11) is -2.19. The molecular formula is C24H30N4O5S. The van der Waals surface area contributed by atoms with E-state index in [4.69, 9.17) is 4.74 Å². The number of hydrogen-bond donors (Lipinski definition) is 2. The third-order valence-electron chi connectivity index (χ3n) is 6.15. The van der Waals surface area contributed by atoms with Crippen LogP contribution in [-0.2, 0) is 14.8 Å². The van der Waals surface area contributed by atoms with Crippen LogP contribution in [0.15, 0.2) is 47.4 Å². The van der Waals surface area contributed by atoms with Crippen molar-refractivity contribution in [3.63, 3.8) is 0 Å². The van der Waals surface area contributed by atoms with Crippen LogP contribution in [0.25, 0.3) is 0 Å². The van der Waals surface area contributed by atoms with E-state index in [-0.39, 0.29) is 23.9 Å². The number of benzene rings is 2. The van der Waals surface area contributed by atoms with Crippen molar-refractivity contribution in [2.45, 2.75) is 24.2 Å². The average Bonchev–Trinajstić information content (AvgIpc) is 2.89. The number of carbonyl (C=O) groups excluding carboxylic acids is 2. The average molecular weight is 487 g/mol. The molecule has 0 unspecified atom stereocenters. The first kappa shape index (κ1) is 24.2. The van der Waals surface area contributed by atoms with Gasteiger partial charge in [-0.2, -0.15) is 4.31 Å². The lowest BCUT2D eigenvalue weighted by atomic mass is 10.1. The molecule has 0 radical (unpaired) electrons. The van der Waals surface area contributed by atoms with Crippen LogP contribution in [0, 0.1) is 0 Å². The Morgan fingerprint density at radius 3 is 2.21 bits per heavy atom. The van der Waals surface area contributed by atoms with Gasteiger partial charge in [0.25, 0.3) is 11.8 Å². The van der Waals surface area contributed by atoms with E-state index in [9.17, 15) is 18.0 Å². The van der Waals surface area contributed by atoms with Crippen LogP contribution in [0.3, 0.4) is 0 Å². The zero-order chi connectivity index (χ0) is 24.1. The normalized spacial score (nSPS) is 17.3. The second-order valence-electron chi connectivity index (χ2n) is 8.35. The van der Waals surface area contributed by atoms with Gasteiger partial charge in [0.1, 0.15) is 0 Å². The van der Waals surface area contributed by atoms with Crippen molar-refractivity contribution in [2.75, 3.05) is 56.7 Å². The lowest BCUT2D eigenvalue weighted by Gasteiger charge is -2.31. The first-order valence-corrected chi connectivity index (χ1v) is 12.9. The van der Waals surface area contributed by atoms with Gasteiger partial charge in [-0.1, -0.05) is 0 Å². The van der Waals surface area contributed by atoms with E-state index in [0.717, 1.165) is 38.0 Å². The molecular weight excluding hydrogens is 456 g/mol. The van der Waals surface area contributed by atoms with E-state index in [0.29, 0.717) is 30.0 Å². The summed E-state index contributed by atoms with van der Waals surface area (Å²) >= 11 is 0. The quantitative estimate of drug-likeness (QED) is 0.649. The van der Waals surface area contributed by atoms with Gasteiger partial charge in [0.05, 0.1) is 23.7 Å². The minimum atomic E-state index is -3.75. The minimum Gasteiger partial charge on any atom is -0.379 e. The highest BCUT2D eigenvalue weighted by Gasteiger charge is 2.29. The van der Waals surface area contributed by atoms with Crippen molar-refractivity contribution in [1.82, 2.24) is 9.62 Å². The zero-order valence-electron chi connectivity index (χ0n) is 19.2. The van der Waals surface area contributed by atoms with E-state index in [1.807, 2.05) is 0 Å². The maximum atomic E-state index is 13.4. The number of piperidine rings is 1. The molecule has 2 aromatic carbocycles. The molecule has 0 bridgehead atoms. The van der Waals surface area contributed by atoms with Gasteiger partial charge >= 0.3 is 0 Å². The van der Waals surface area contributed by atoms with Gasteiger partial charge in [-0.3, -0.25) is 9.59 Å². The van der Waals surface area contributed by atoms with Crippen LogP contribution in [-0.4, -0.2) is 71.0 Å². The predicted octanol–water partition coefficient (Wildman–Crippen LogP) is 2.31. The Bertz CT molecular complexity index is 1140. The Hall–Kier alpha value is -2.95. The Kier molecular flexibility index (Phi) is 7.50. The van der Waals surface area contributed by atoms with E-state index in [2.05, 4.69) is 15.5 Å². The molecule has 34 heavy (non-hydrogen) atoms. The summed E-state index contributed by atoms with van der Waals surface area (Å²) < 4.78 is 33.1. The van der Waals surface area contributed by atoms with Crippen molar-refractivity contribution in [1.29, 1.82) is 0 Å². The minimum absolute atomic E-state index is 0.0928. The second-order valence-corrected chi connectivity index (χ2v) is 10.3. The molecule has 0 aliphatic carbocycles. The number of anilines is 2. The van der Waals surface area contributed by atoms with Gasteiger partial charge in [-0.25, -0.2) is 8.42 Å². The lowest BCUT2D eigenvalue weighted by molar-refractivity contribution is 0.0730. The van der Waals surface area contributed by atoms with Crippen LogP contribution in [0.5, 0.6) is 0 Å². The molecule has 2 heterocycles. The summed E-state index contributed by atoms with van der Waals surface area (Å²) in [6, 6.07) is 11.3. The van der Waals surface area contributed by atoms with Gasteiger partial charge in [0.15, 0.2) is 0 Å². The molecule has 0 aromatic heterocycles. The molecule has 2 saturated heterocycles. The molecule has 0 saturated carbocycles. The highest BCUT2D eigenvalue weighted by molar-refractivity contribution is 7.89. The van der Waals surface area contributed by atoms with Gasteiger partial charge in [0.2, 0.25) is 10.0 Å². The molecule has 2 N–H and O–H groups in total. The molecule has 182 valence electrons. The molecule has 2 aliphatic heterocycles. The van der Waals surface area contributed by atoms with Crippen LogP contribution in [0.1, 0.15) is 40.0 Å². The van der Waals surface area contributed by atoms with E-state index >= 15 is 0 Å². The maximum Gasteiger partial charge on any atom is 0.257 e. The van der Waals surface area contributed by atoms with Crippen molar-refractivity contribution >= 4 is 33.2 Å². The van der Waals surface area contributed by atoms with Crippen molar-refractivity contribution < 1.29 is 22.7 Å². The highest BCUT2D eigenvalue weighted by Crippen LogP contribution is 2.29. The second kappa shape index (κ2) is 10.5. The monoisotopic (exact) mass is 486 g/mol. The van der Waals surface area contributed by atoms with Crippen LogP contribution in [0.4, 0.5) is 11.4 Å². The summed E-state index contributed by atoms with van der Waals surface area (Å²) in [5.74, 6) is -0.612. The Morgan fingerprint density at radius 1 is 0.882 bits per heavy atom. The lowest BCUT2D eigenvalue weighted by Crippen LogP contribution is -2.40. The van der Waals surface area contributed by atoms with Crippen molar-refractivity contribution in [3.8, 4) is 0 Å². The molecule has 2 aliphatic rings. The fraction of sp³-hybridized carbons (Fsp3) is 0.417. The summed E-state index contributed by atoms with van der Waals surface area (Å²) in [5, 5.41) is 5.41. The molecule has 4 rings (SSSR count). The topological polar surface area (TPSA) is 108 Å². The SMILES string of the molecule is CNC(=O)c1ccc(NC(=O)c2cc(S(=O)(=O)N3CCOCC3)ccc2N2CCCCC2)cc1. The highest BCUT2D eigenvalue weighted by atomic mass is 32.2. The zero-order valence-corrected chi connectivity index (χ0v) is 20.1. The fourth-order valence-electron chi connectivity index (χ4n) is 4.25. The molecule has 2 aromatic rings. The summed E-state index contributed by atoms with van der Waals surface area (Å²) in [6.07, 6.45) is 3.19. The number of ether oxygens (including phenoxy) is 1. The van der Waals surface area contributed by atoms with Crippen molar-refractivity contribution in [2.24, 2.45) is 0 Å². The van der Waals surface area contributed by atoms with Crippen molar-refractivity contribution in [3.05, 3.63) is 53.6 Å². The number of morpholine rings is 1. The third-order valence-corrected chi connectivity index (χ3v) is 8.04. The number of nitrogens with one attached hydrogen (secondary N) is 2. The van der Waals surface area contributed by atoms with Crippen LogP contribution >= 0.6 is 0 Å². The molecule has 2 amide bonds. The number of hydrogen-bond acceptors (Lipinski definition) is 6. The molecule has 10 heteroatoms. The van der Waals surface area contributed by atoms with Gasteiger partial charge < -0.3 is 20.3 Å². The van der Waals surface area contributed by atoms with Gasteiger partial charge in [-0.15, -0.1) is 0 Å². The Labute approximate surface area is 200 Å². The summed E-state index contributed by atoms with van der Waals surface area (Å²) in [6.45, 7) is 2.91. The number of sulfonamides is 1. The first-order valence-electron chi connectivity index (χ1n) is 11.5. The van der Waals surface area contributed by atoms with Gasteiger partial charge in [0, 0.05) is 50.2 Å². The first-order chi connectivity index (χ1) is 16.4. The number of rotatable bonds is 6. The predicted molar refractivity (Wildman–Crippen MR) is 130 cm³/mol. The Balaban J connectivity index is 1.65. The van der Waals surface area contributed by atoms with E-state index < -0.39 is 15.9 Å². The smallest absolute Gasteiger partial charge is 0.257 e. The van der Waals surface area contributed by atoms with Crippen LogP contribution in [0.2, 0.25) is 0 Å². The molecule has 0 atom stereocenters. The molecule has 0 spiro atoms. The maximum absolute atomic E-state index is 13.4. The Morgan fingerprint density at radius 2 is 1.56 bits per heavy atom. The third kappa shape index (κ3) is 5.24. The van der Waals surface area contributed by atoms with Gasteiger partial charge in [-0.05, 0) is 61.7 Å². The number of amides is 2. The molecule has 2 fully saturated rings. The number of carbonyl (C=O) groups is 2. The standard InChI is InChI=1S/C24H30N4O5S/c1-25-23(29)18-5-7-19(8-6-18)26-24(30)21-17-20(34(31,32)28-13-15-33-16-14-28)9-10-22(21)27-11-3-2-4-12-27/h5-10,17H,2-4,11-16H2,1H3,(H,25,29)(H,26,30). The summed E-state index contributed by atoms with van der Waals surface area (Å²) in [4.78, 5) is 27.4.